The molecule has 18 heavy (non-hydrogen) atoms. The molecule has 1 heterocycles. The lowest BCUT2D eigenvalue weighted by atomic mass is 10.0. The molecule has 0 aliphatic heterocycles. The third-order valence-corrected chi connectivity index (χ3v) is 2.82. The van der Waals surface area contributed by atoms with E-state index in [1.54, 1.807) is 7.11 Å². The minimum atomic E-state index is 0.295. The van der Waals surface area contributed by atoms with Crippen LogP contribution in [0.25, 0.3) is 0 Å². The number of hydrazine groups is 1. The average molecular weight is 253 g/mol. The van der Waals surface area contributed by atoms with Crippen LogP contribution in [0.2, 0.25) is 0 Å². The van der Waals surface area contributed by atoms with Crippen LogP contribution in [0.4, 0.5) is 11.6 Å². The van der Waals surface area contributed by atoms with Gasteiger partial charge in [0, 0.05) is 25.8 Å². The zero-order chi connectivity index (χ0) is 13.5. The SMILES string of the molecule is CCN(CCOC)c1ncnc(NN)c1C(C)C. The lowest BCUT2D eigenvalue weighted by molar-refractivity contribution is 0.205. The summed E-state index contributed by atoms with van der Waals surface area (Å²) in [5.41, 5.74) is 3.68. The first kappa shape index (κ1) is 14.7. The van der Waals surface area contributed by atoms with Crippen molar-refractivity contribution in [1.82, 2.24) is 9.97 Å². The van der Waals surface area contributed by atoms with Crippen LogP contribution in [-0.4, -0.2) is 36.8 Å². The highest BCUT2D eigenvalue weighted by molar-refractivity contribution is 5.59. The minimum Gasteiger partial charge on any atom is -0.383 e. The number of nitrogens with two attached hydrogens (primary N) is 1. The minimum absolute atomic E-state index is 0.295. The predicted molar refractivity (Wildman–Crippen MR) is 73.7 cm³/mol. The van der Waals surface area contributed by atoms with Crippen LogP contribution in [0.15, 0.2) is 6.33 Å². The van der Waals surface area contributed by atoms with E-state index in [2.05, 4.69) is 41.1 Å². The van der Waals surface area contributed by atoms with Crippen LogP contribution in [0.1, 0.15) is 32.3 Å². The molecule has 0 saturated carbocycles. The average Bonchev–Trinajstić information content (AvgIpc) is 2.38. The van der Waals surface area contributed by atoms with Crippen LogP contribution in [0.5, 0.6) is 0 Å². The molecule has 0 aliphatic rings. The molecule has 0 aromatic carbocycles. The summed E-state index contributed by atoms with van der Waals surface area (Å²) < 4.78 is 5.13. The number of rotatable bonds is 7. The lowest BCUT2D eigenvalue weighted by Crippen LogP contribution is -2.29. The maximum Gasteiger partial charge on any atom is 0.148 e. The Morgan fingerprint density at radius 2 is 2.17 bits per heavy atom. The van der Waals surface area contributed by atoms with Gasteiger partial charge >= 0.3 is 0 Å². The van der Waals surface area contributed by atoms with Crippen LogP contribution in [0, 0.1) is 0 Å². The number of hydrogen-bond acceptors (Lipinski definition) is 6. The summed E-state index contributed by atoms with van der Waals surface area (Å²) in [5.74, 6) is 7.42. The van der Waals surface area contributed by atoms with E-state index in [1.807, 2.05) is 0 Å². The maximum atomic E-state index is 5.52. The summed E-state index contributed by atoms with van der Waals surface area (Å²) in [6.07, 6.45) is 1.53. The fourth-order valence-electron chi connectivity index (χ4n) is 1.90. The Hall–Kier alpha value is -1.40. The van der Waals surface area contributed by atoms with Gasteiger partial charge in [-0.2, -0.15) is 0 Å². The number of hydrogen-bond donors (Lipinski definition) is 2. The molecular weight excluding hydrogens is 230 g/mol. The Bertz CT molecular complexity index is 369. The maximum absolute atomic E-state index is 5.52. The molecule has 0 fully saturated rings. The number of nitrogen functional groups attached to an aromatic ring is 1. The van der Waals surface area contributed by atoms with Crippen molar-refractivity contribution in [3.63, 3.8) is 0 Å². The standard InChI is InChI=1S/C12H23N5O/c1-5-17(6-7-18-4)12-10(9(2)3)11(16-13)14-8-15-12/h8-9H,5-7,13H2,1-4H3,(H,14,15,16). The number of likely N-dealkylation sites (N-methyl/N-ethyl adjacent to an activating group) is 1. The van der Waals surface area contributed by atoms with Crippen molar-refractivity contribution < 1.29 is 4.74 Å². The summed E-state index contributed by atoms with van der Waals surface area (Å²) in [7, 11) is 1.70. The monoisotopic (exact) mass is 253 g/mol. The van der Waals surface area contributed by atoms with Gasteiger partial charge in [-0.15, -0.1) is 0 Å². The van der Waals surface area contributed by atoms with Gasteiger partial charge in [0.25, 0.3) is 0 Å². The fraction of sp³-hybridized carbons (Fsp3) is 0.667. The summed E-state index contributed by atoms with van der Waals surface area (Å²) in [6, 6.07) is 0. The topological polar surface area (TPSA) is 76.3 Å². The largest absolute Gasteiger partial charge is 0.383 e. The highest BCUT2D eigenvalue weighted by Crippen LogP contribution is 2.30. The van der Waals surface area contributed by atoms with Gasteiger partial charge in [0.2, 0.25) is 0 Å². The van der Waals surface area contributed by atoms with E-state index in [1.165, 1.54) is 6.33 Å². The summed E-state index contributed by atoms with van der Waals surface area (Å²) in [6.45, 7) is 8.64. The van der Waals surface area contributed by atoms with E-state index >= 15 is 0 Å². The van der Waals surface area contributed by atoms with Gasteiger partial charge in [0.15, 0.2) is 0 Å². The Morgan fingerprint density at radius 1 is 1.44 bits per heavy atom. The van der Waals surface area contributed by atoms with Gasteiger partial charge in [-0.05, 0) is 12.8 Å². The van der Waals surface area contributed by atoms with Crippen molar-refractivity contribution in [1.29, 1.82) is 0 Å². The van der Waals surface area contributed by atoms with Gasteiger partial charge < -0.3 is 15.1 Å². The van der Waals surface area contributed by atoms with Gasteiger partial charge in [0.1, 0.15) is 18.0 Å². The van der Waals surface area contributed by atoms with E-state index < -0.39 is 0 Å². The third-order valence-electron chi connectivity index (χ3n) is 2.82. The highest BCUT2D eigenvalue weighted by Gasteiger charge is 2.18. The number of methoxy groups -OCH3 is 1. The zero-order valence-electron chi connectivity index (χ0n) is 11.6. The molecule has 0 unspecified atom stereocenters. The van der Waals surface area contributed by atoms with Gasteiger partial charge in [-0.25, -0.2) is 15.8 Å². The number of nitrogens with zero attached hydrogens (tertiary/aromatic N) is 3. The molecule has 0 bridgehead atoms. The zero-order valence-corrected chi connectivity index (χ0v) is 11.6. The molecule has 6 heteroatoms. The van der Waals surface area contributed by atoms with Crippen molar-refractivity contribution in [2.75, 3.05) is 37.1 Å². The fourth-order valence-corrected chi connectivity index (χ4v) is 1.90. The molecule has 0 atom stereocenters. The highest BCUT2D eigenvalue weighted by atomic mass is 16.5. The van der Waals surface area contributed by atoms with E-state index in [4.69, 9.17) is 10.6 Å². The number of anilines is 2. The van der Waals surface area contributed by atoms with E-state index in [-0.39, 0.29) is 0 Å². The lowest BCUT2D eigenvalue weighted by Gasteiger charge is -2.26. The number of aromatic nitrogens is 2. The Balaban J connectivity index is 3.12. The van der Waals surface area contributed by atoms with Gasteiger partial charge in [-0.3, -0.25) is 0 Å². The van der Waals surface area contributed by atoms with E-state index in [0.717, 1.165) is 24.5 Å². The van der Waals surface area contributed by atoms with Crippen LogP contribution in [0.3, 0.4) is 0 Å². The second-order valence-electron chi connectivity index (χ2n) is 4.33. The third kappa shape index (κ3) is 3.30. The second kappa shape index (κ2) is 7.13. The molecule has 1 rings (SSSR count). The molecule has 0 saturated heterocycles. The predicted octanol–water partition coefficient (Wildman–Crippen LogP) is 1.36. The van der Waals surface area contributed by atoms with Crippen LogP contribution >= 0.6 is 0 Å². The molecule has 102 valence electrons. The first-order valence-corrected chi connectivity index (χ1v) is 6.21. The van der Waals surface area contributed by atoms with Gasteiger partial charge in [0.05, 0.1) is 6.61 Å². The molecule has 0 aliphatic carbocycles. The smallest absolute Gasteiger partial charge is 0.148 e. The molecule has 0 amide bonds. The number of ether oxygens (including phenoxy) is 1. The molecule has 1 aromatic rings. The first-order chi connectivity index (χ1) is 8.65. The summed E-state index contributed by atoms with van der Waals surface area (Å²) in [5, 5.41) is 0. The molecule has 1 aromatic heterocycles. The van der Waals surface area contributed by atoms with Crippen LogP contribution in [-0.2, 0) is 4.74 Å². The Kier molecular flexibility index (Phi) is 5.80. The quantitative estimate of drug-likeness (QED) is 0.564. The van der Waals surface area contributed by atoms with E-state index in [9.17, 15) is 0 Å². The normalized spacial score (nSPS) is 10.8. The molecule has 6 nitrogen and oxygen atoms in total. The van der Waals surface area contributed by atoms with Crippen LogP contribution < -0.4 is 16.2 Å². The van der Waals surface area contributed by atoms with Crippen molar-refractivity contribution in [3.8, 4) is 0 Å². The van der Waals surface area contributed by atoms with Crippen molar-refractivity contribution >= 4 is 11.6 Å². The van der Waals surface area contributed by atoms with Crippen molar-refractivity contribution in [2.24, 2.45) is 5.84 Å². The molecule has 0 spiro atoms. The Morgan fingerprint density at radius 3 is 2.67 bits per heavy atom. The summed E-state index contributed by atoms with van der Waals surface area (Å²) in [4.78, 5) is 10.7. The Labute approximate surface area is 109 Å². The van der Waals surface area contributed by atoms with Gasteiger partial charge in [-0.1, -0.05) is 13.8 Å². The first-order valence-electron chi connectivity index (χ1n) is 6.21. The summed E-state index contributed by atoms with van der Waals surface area (Å²) >= 11 is 0. The number of nitrogens with one attached hydrogen (secondary N) is 1. The molecule has 3 N–H and O–H groups in total. The van der Waals surface area contributed by atoms with E-state index in [0.29, 0.717) is 18.3 Å². The molecule has 0 radical (unpaired) electrons. The van der Waals surface area contributed by atoms with Crippen molar-refractivity contribution in [3.05, 3.63) is 11.9 Å². The van der Waals surface area contributed by atoms with Crippen molar-refractivity contribution in [2.45, 2.75) is 26.7 Å². The second-order valence-corrected chi connectivity index (χ2v) is 4.33. The molecular formula is C12H23N5O.